The molecule has 0 atom stereocenters. The molecule has 4 heteroatoms. The minimum Gasteiger partial charge on any atom is -0.350 e. The van der Waals surface area contributed by atoms with Crippen LogP contribution in [0.5, 0.6) is 0 Å². The maximum atomic E-state index is 11.8. The summed E-state index contributed by atoms with van der Waals surface area (Å²) in [5, 5.41) is 6.21. The summed E-state index contributed by atoms with van der Waals surface area (Å²) >= 11 is 1.71. The van der Waals surface area contributed by atoms with E-state index in [0.717, 1.165) is 11.3 Å². The highest BCUT2D eigenvalue weighted by molar-refractivity contribution is 7.09. The van der Waals surface area contributed by atoms with Gasteiger partial charge in [0.2, 0.25) is 5.91 Å². The molecule has 98 valence electrons. The molecule has 1 heterocycles. The molecule has 0 bridgehead atoms. The third-order valence-corrected chi connectivity index (χ3v) is 4.23. The van der Waals surface area contributed by atoms with E-state index in [1.807, 2.05) is 30.3 Å². The molecule has 3 rings (SSSR count). The van der Waals surface area contributed by atoms with Gasteiger partial charge in [0.1, 0.15) is 0 Å². The Kier molecular flexibility index (Phi) is 3.60. The van der Waals surface area contributed by atoms with Crippen LogP contribution in [-0.4, -0.2) is 10.9 Å². The number of hydrogen-bond acceptors (Lipinski definition) is 3. The van der Waals surface area contributed by atoms with Crippen molar-refractivity contribution in [3.63, 3.8) is 0 Å². The molecule has 2 aromatic rings. The highest BCUT2D eigenvalue weighted by Gasteiger charge is 2.26. The third kappa shape index (κ3) is 3.41. The molecule has 1 fully saturated rings. The van der Waals surface area contributed by atoms with Crippen molar-refractivity contribution >= 4 is 17.2 Å². The minimum atomic E-state index is 0.0483. The number of benzene rings is 1. The minimum absolute atomic E-state index is 0.0483. The first-order valence-electron chi connectivity index (χ1n) is 6.56. The smallest absolute Gasteiger partial charge is 0.224 e. The van der Waals surface area contributed by atoms with Crippen molar-refractivity contribution < 1.29 is 4.79 Å². The molecule has 1 amide bonds. The van der Waals surface area contributed by atoms with Crippen molar-refractivity contribution in [2.75, 3.05) is 0 Å². The Labute approximate surface area is 116 Å². The van der Waals surface area contributed by atoms with Crippen molar-refractivity contribution in [1.29, 1.82) is 0 Å². The predicted molar refractivity (Wildman–Crippen MR) is 76.1 cm³/mol. The van der Waals surface area contributed by atoms with Crippen LogP contribution in [0.25, 0.3) is 0 Å². The van der Waals surface area contributed by atoms with Crippen molar-refractivity contribution in [2.45, 2.75) is 31.7 Å². The first-order valence-corrected chi connectivity index (χ1v) is 7.44. The number of carbonyl (C=O) groups excluding carboxylic acids is 1. The second kappa shape index (κ2) is 5.53. The predicted octanol–water partition coefficient (Wildman–Crippen LogP) is 2.88. The lowest BCUT2D eigenvalue weighted by Gasteiger charge is -2.03. The molecule has 0 aliphatic heterocycles. The van der Waals surface area contributed by atoms with E-state index in [-0.39, 0.29) is 5.91 Å². The van der Waals surface area contributed by atoms with E-state index in [2.05, 4.69) is 15.7 Å². The maximum absolute atomic E-state index is 11.8. The summed E-state index contributed by atoms with van der Waals surface area (Å²) in [6.45, 7) is 0.537. The number of rotatable bonds is 5. The van der Waals surface area contributed by atoms with Crippen molar-refractivity contribution in [3.8, 4) is 0 Å². The molecule has 1 aliphatic carbocycles. The molecule has 19 heavy (non-hydrogen) atoms. The first-order chi connectivity index (χ1) is 9.31. The number of carbonyl (C=O) groups is 1. The Morgan fingerprint density at radius 2 is 2.11 bits per heavy atom. The van der Waals surface area contributed by atoms with Crippen LogP contribution in [0.3, 0.4) is 0 Å². The number of hydrogen-bond donors (Lipinski definition) is 1. The fourth-order valence-electron chi connectivity index (χ4n) is 1.95. The number of thiazole rings is 1. The molecule has 0 saturated heterocycles. The molecule has 1 aromatic carbocycles. The first kappa shape index (κ1) is 12.4. The van der Waals surface area contributed by atoms with Gasteiger partial charge in [0.05, 0.1) is 23.7 Å². The van der Waals surface area contributed by atoms with Gasteiger partial charge in [0.15, 0.2) is 0 Å². The molecule has 1 saturated carbocycles. The standard InChI is InChI=1S/C15H16N2OS/c18-14(8-11-4-2-1-3-5-11)16-9-13-10-19-15(17-13)12-6-7-12/h1-5,10,12H,6-9H2,(H,16,18). The Morgan fingerprint density at radius 1 is 1.32 bits per heavy atom. The number of amides is 1. The fraction of sp³-hybridized carbons (Fsp3) is 0.333. The third-order valence-electron chi connectivity index (χ3n) is 3.17. The summed E-state index contributed by atoms with van der Waals surface area (Å²) in [5.41, 5.74) is 2.02. The molecule has 0 radical (unpaired) electrons. The van der Waals surface area contributed by atoms with E-state index in [1.54, 1.807) is 11.3 Å². The Hall–Kier alpha value is -1.68. The Morgan fingerprint density at radius 3 is 2.84 bits per heavy atom. The van der Waals surface area contributed by atoms with E-state index in [1.165, 1.54) is 17.8 Å². The Bertz CT molecular complexity index is 561. The largest absolute Gasteiger partial charge is 0.350 e. The van der Waals surface area contributed by atoms with Gasteiger partial charge in [-0.1, -0.05) is 30.3 Å². The van der Waals surface area contributed by atoms with Crippen LogP contribution >= 0.6 is 11.3 Å². The zero-order valence-electron chi connectivity index (χ0n) is 10.6. The van der Waals surface area contributed by atoms with E-state index in [9.17, 15) is 4.79 Å². The van der Waals surface area contributed by atoms with E-state index in [4.69, 9.17) is 0 Å². The average molecular weight is 272 g/mol. The molecule has 0 spiro atoms. The summed E-state index contributed by atoms with van der Waals surface area (Å²) in [4.78, 5) is 16.4. The van der Waals surface area contributed by atoms with E-state index < -0.39 is 0 Å². The molecular formula is C15H16N2OS. The highest BCUT2D eigenvalue weighted by atomic mass is 32.1. The summed E-state index contributed by atoms with van der Waals surface area (Å²) in [7, 11) is 0. The maximum Gasteiger partial charge on any atom is 0.224 e. The van der Waals surface area contributed by atoms with Crippen molar-refractivity contribution in [1.82, 2.24) is 10.3 Å². The van der Waals surface area contributed by atoms with E-state index in [0.29, 0.717) is 18.9 Å². The van der Waals surface area contributed by atoms with Crippen LogP contribution in [0.2, 0.25) is 0 Å². The topological polar surface area (TPSA) is 42.0 Å². The monoisotopic (exact) mass is 272 g/mol. The summed E-state index contributed by atoms with van der Waals surface area (Å²) in [6, 6.07) is 9.78. The lowest BCUT2D eigenvalue weighted by Crippen LogP contribution is -2.24. The van der Waals surface area contributed by atoms with Gasteiger partial charge in [0, 0.05) is 11.3 Å². The lowest BCUT2D eigenvalue weighted by molar-refractivity contribution is -0.120. The zero-order chi connectivity index (χ0) is 13.1. The Balaban J connectivity index is 1.49. The average Bonchev–Trinajstić information content (AvgIpc) is 3.17. The van der Waals surface area contributed by atoms with Crippen LogP contribution in [0.4, 0.5) is 0 Å². The molecule has 3 nitrogen and oxygen atoms in total. The van der Waals surface area contributed by atoms with Crippen LogP contribution in [-0.2, 0) is 17.8 Å². The fourth-order valence-corrected chi connectivity index (χ4v) is 2.95. The second-order valence-electron chi connectivity index (χ2n) is 4.89. The van der Waals surface area contributed by atoms with Gasteiger partial charge in [-0.05, 0) is 18.4 Å². The van der Waals surface area contributed by atoms with Gasteiger partial charge < -0.3 is 5.32 Å². The summed E-state index contributed by atoms with van der Waals surface area (Å²) in [5.74, 6) is 0.742. The van der Waals surface area contributed by atoms with Crippen molar-refractivity contribution in [3.05, 3.63) is 52.0 Å². The van der Waals surface area contributed by atoms with Crippen LogP contribution < -0.4 is 5.32 Å². The molecule has 1 aliphatic rings. The molecule has 1 N–H and O–H groups in total. The quantitative estimate of drug-likeness (QED) is 0.909. The van der Waals surface area contributed by atoms with Crippen LogP contribution in [0, 0.1) is 0 Å². The number of nitrogens with one attached hydrogen (secondary N) is 1. The highest BCUT2D eigenvalue weighted by Crippen LogP contribution is 2.41. The number of aromatic nitrogens is 1. The van der Waals surface area contributed by atoms with Crippen LogP contribution in [0.1, 0.15) is 35.0 Å². The SMILES string of the molecule is O=C(Cc1ccccc1)NCc1csc(C2CC2)n1. The van der Waals surface area contributed by atoms with E-state index >= 15 is 0 Å². The molecule has 0 unspecified atom stereocenters. The van der Waals surface area contributed by atoms with Gasteiger partial charge in [0.25, 0.3) is 0 Å². The van der Waals surface area contributed by atoms with Crippen LogP contribution in [0.15, 0.2) is 35.7 Å². The second-order valence-corrected chi connectivity index (χ2v) is 5.78. The number of nitrogens with zero attached hydrogens (tertiary/aromatic N) is 1. The van der Waals surface area contributed by atoms with Gasteiger partial charge >= 0.3 is 0 Å². The molecular weight excluding hydrogens is 256 g/mol. The summed E-state index contributed by atoms with van der Waals surface area (Å²) in [6.07, 6.45) is 2.97. The van der Waals surface area contributed by atoms with Gasteiger partial charge in [-0.2, -0.15) is 0 Å². The summed E-state index contributed by atoms with van der Waals surface area (Å²) < 4.78 is 0. The van der Waals surface area contributed by atoms with Gasteiger partial charge in [-0.25, -0.2) is 4.98 Å². The van der Waals surface area contributed by atoms with Gasteiger partial charge in [-0.15, -0.1) is 11.3 Å². The normalized spacial score (nSPS) is 14.3. The van der Waals surface area contributed by atoms with Gasteiger partial charge in [-0.3, -0.25) is 4.79 Å². The molecule has 1 aromatic heterocycles. The lowest BCUT2D eigenvalue weighted by atomic mass is 10.1. The zero-order valence-corrected chi connectivity index (χ0v) is 11.5. The van der Waals surface area contributed by atoms with Crippen molar-refractivity contribution in [2.24, 2.45) is 0 Å².